The number of primary amides is 1. The van der Waals surface area contributed by atoms with Gasteiger partial charge in [-0.2, -0.15) is 12.6 Å². The second-order valence-corrected chi connectivity index (χ2v) is 20.1. The lowest BCUT2D eigenvalue weighted by Gasteiger charge is -2.10. The summed E-state index contributed by atoms with van der Waals surface area (Å²) in [6, 6.07) is 15.6. The Kier molecular flexibility index (Phi) is 20.5. The number of ether oxygens (including phenoxy) is 2. The van der Waals surface area contributed by atoms with Gasteiger partial charge in [0.05, 0.1) is 53.3 Å². The minimum absolute atomic E-state index is 0. The lowest BCUT2D eigenvalue weighted by atomic mass is 10.1. The topological polar surface area (TPSA) is 321 Å². The van der Waals surface area contributed by atoms with Crippen molar-refractivity contribution in [2.24, 2.45) is 21.8 Å². The lowest BCUT2D eigenvalue weighted by molar-refractivity contribution is -0.112. The fraction of sp³-hybridized carbons (Fsp3) is 0.463. The Bertz CT molecular complexity index is 2450. The smallest absolute Gasteiger partial charge is 0.280 e. The number of anilines is 2. The average molecular weight is 980 g/mol. The van der Waals surface area contributed by atoms with Gasteiger partial charge in [-0.05, 0) is 62.1 Å². The number of nitrogens with zero attached hydrogens (tertiary/aromatic N) is 4. The molecule has 2 amide bonds. The maximum atomic E-state index is 13.2. The van der Waals surface area contributed by atoms with Crippen LogP contribution in [0.2, 0.25) is 0 Å². The van der Waals surface area contributed by atoms with Crippen molar-refractivity contribution in [1.29, 1.82) is 0 Å². The van der Waals surface area contributed by atoms with E-state index in [2.05, 4.69) is 43.5 Å². The van der Waals surface area contributed by atoms with Crippen LogP contribution in [-0.2, 0) is 48.4 Å². The molecule has 4 aromatic rings. The molecule has 24 heteroatoms. The molecule has 2 saturated carbocycles. The number of thiol groups is 1. The number of hydrogen-bond acceptors (Lipinski definition) is 20. The van der Waals surface area contributed by atoms with Crippen LogP contribution in [0.25, 0.3) is 10.3 Å². The van der Waals surface area contributed by atoms with E-state index in [1.807, 2.05) is 13.8 Å². The summed E-state index contributed by atoms with van der Waals surface area (Å²) >= 11 is 4.76. The number of sulfone groups is 2. The summed E-state index contributed by atoms with van der Waals surface area (Å²) in [5, 5.41) is 22.4. The van der Waals surface area contributed by atoms with Gasteiger partial charge >= 0.3 is 0 Å². The van der Waals surface area contributed by atoms with Gasteiger partial charge in [0.2, 0.25) is 0 Å². The third-order valence-corrected chi connectivity index (χ3v) is 15.0. The first-order chi connectivity index (χ1) is 30.8. The lowest BCUT2D eigenvalue weighted by Crippen LogP contribution is -2.25. The summed E-state index contributed by atoms with van der Waals surface area (Å²) in [7, 11) is -6.61. The molecule has 2 aliphatic carbocycles. The number of oxime groups is 2. The molecule has 20 nitrogen and oxygen atoms in total. The van der Waals surface area contributed by atoms with Crippen molar-refractivity contribution in [3.05, 3.63) is 71.8 Å². The molecule has 0 spiro atoms. The van der Waals surface area contributed by atoms with Gasteiger partial charge in [0.15, 0.2) is 48.4 Å². The normalized spacial score (nSPS) is 18.4. The van der Waals surface area contributed by atoms with Crippen LogP contribution in [0.3, 0.4) is 0 Å². The van der Waals surface area contributed by atoms with E-state index in [1.54, 1.807) is 24.3 Å². The number of carbonyl (C=O) groups excluding carboxylic acids is 2. The van der Waals surface area contributed by atoms with Crippen LogP contribution in [0.1, 0.15) is 63.5 Å². The molecule has 2 saturated heterocycles. The quantitative estimate of drug-likeness (QED) is 0.0363. The zero-order chi connectivity index (χ0) is 46.3. The molecule has 4 heterocycles. The first-order valence-electron chi connectivity index (χ1n) is 20.7. The summed E-state index contributed by atoms with van der Waals surface area (Å²) in [5.41, 5.74) is 11.5. The summed E-state index contributed by atoms with van der Waals surface area (Å²) in [6.07, 6.45) is 3.66. The summed E-state index contributed by atoms with van der Waals surface area (Å²) in [5.74, 6) is -0.250. The van der Waals surface area contributed by atoms with Gasteiger partial charge in [0, 0.05) is 36.4 Å². The molecular formula is C41H57N9O11S4. The van der Waals surface area contributed by atoms with Crippen LogP contribution >= 0.6 is 24.0 Å². The van der Waals surface area contributed by atoms with E-state index < -0.39 is 31.5 Å². The van der Waals surface area contributed by atoms with E-state index in [0.29, 0.717) is 110 Å². The van der Waals surface area contributed by atoms with Crippen molar-refractivity contribution < 1.29 is 50.7 Å². The zero-order valence-electron chi connectivity index (χ0n) is 36.1. The van der Waals surface area contributed by atoms with E-state index in [9.17, 15) is 26.4 Å². The van der Waals surface area contributed by atoms with Crippen molar-refractivity contribution in [2.75, 3.05) is 56.1 Å². The van der Waals surface area contributed by atoms with E-state index in [-0.39, 0.29) is 56.7 Å². The number of pyridine rings is 1. The monoisotopic (exact) mass is 979 g/mol. The minimum Gasteiger partial charge on any atom is -0.395 e. The van der Waals surface area contributed by atoms with Crippen molar-refractivity contribution in [3.8, 4) is 0 Å². The Morgan fingerprint density at radius 1 is 0.800 bits per heavy atom. The molecule has 356 valence electrons. The number of amides is 2. The highest BCUT2D eigenvalue weighted by molar-refractivity contribution is 7.92. The van der Waals surface area contributed by atoms with Crippen LogP contribution in [0.15, 0.2) is 80.8 Å². The third kappa shape index (κ3) is 14.9. The molecule has 8 rings (SSSR count). The maximum absolute atomic E-state index is 13.2. The SMILES string of the molecule is CC.N.NC(=O)/C(=N/O[C@@H]1CCOC1)c1ccc(S(=O)(=O)C2CC2)cc1.NCS.O=C(Nc1nc2ccc(NCCO)nc2s1)/C(=N/O[C@@H]1CCOC1)c1ccc(S(=O)(=O)C2CC2)cc1. The average Bonchev–Trinajstić information content (AvgIpc) is 4.19. The standard InChI is InChI=1S/C23H25N5O6S2.C15H18N2O5S.C2H6.CH5NS.H3N/c29-11-10-24-19-8-7-18-22(26-19)35-23(25-18)27-21(30)20(28-34-15-9-12-33-13-15)14-1-3-16(4-2-14)36(31,32)17-5-6-17;16-15(18)14(17-22-11-7-8-21-9-11)10-1-3-12(4-2-10)23(19,20)13-5-6-13;1-2;2-1-3;/h1-4,7-8,15,17,29H,5-6,9-13H2,(H,24,26)(H,25,27,30);1-4,11,13H,5-9H2,(H2,16,18);1-2H3;3H,1-2H2;1H3/b28-20+;17-14+;;;/t15-;11-;;;/m11.../s1. The number of aliphatic hydroxyl groups is 1. The van der Waals surface area contributed by atoms with Crippen molar-refractivity contribution >= 4 is 88.2 Å². The second kappa shape index (κ2) is 25.2. The second-order valence-electron chi connectivity index (χ2n) is 14.3. The zero-order valence-corrected chi connectivity index (χ0v) is 39.5. The van der Waals surface area contributed by atoms with Gasteiger partial charge < -0.3 is 47.2 Å². The Balaban J connectivity index is 0.000000275. The number of nitrogens with one attached hydrogen (secondary N) is 2. The summed E-state index contributed by atoms with van der Waals surface area (Å²) < 4.78 is 59.8. The Morgan fingerprint density at radius 3 is 1.71 bits per heavy atom. The van der Waals surface area contributed by atoms with Crippen molar-refractivity contribution in [3.63, 3.8) is 0 Å². The van der Waals surface area contributed by atoms with Gasteiger partial charge in [0.25, 0.3) is 11.8 Å². The number of hydrogen-bond donors (Lipinski definition) is 7. The van der Waals surface area contributed by atoms with Crippen LogP contribution < -0.4 is 28.3 Å². The Labute approximate surface area is 387 Å². The Morgan fingerprint density at radius 2 is 1.28 bits per heavy atom. The van der Waals surface area contributed by atoms with Crippen LogP contribution in [0.4, 0.5) is 10.9 Å². The number of carbonyl (C=O) groups is 2. The number of rotatable bonds is 16. The van der Waals surface area contributed by atoms with E-state index >= 15 is 0 Å². The number of fused-ring (bicyclic) bond motifs is 1. The molecule has 2 aromatic carbocycles. The van der Waals surface area contributed by atoms with Crippen LogP contribution in [-0.4, -0.2) is 123 Å². The molecule has 4 fully saturated rings. The minimum atomic E-state index is -3.35. The predicted octanol–water partition coefficient (Wildman–Crippen LogP) is 3.82. The van der Waals surface area contributed by atoms with Gasteiger partial charge in [-0.3, -0.25) is 14.9 Å². The fourth-order valence-electron chi connectivity index (χ4n) is 5.97. The highest BCUT2D eigenvalue weighted by Crippen LogP contribution is 2.34. The Hall–Kier alpha value is -4.79. The van der Waals surface area contributed by atoms with E-state index in [1.165, 1.54) is 47.7 Å². The van der Waals surface area contributed by atoms with Gasteiger partial charge in [-0.15, -0.1) is 0 Å². The van der Waals surface area contributed by atoms with Crippen LogP contribution in [0, 0.1) is 0 Å². The van der Waals surface area contributed by atoms with E-state index in [4.69, 9.17) is 35.7 Å². The third-order valence-electron chi connectivity index (χ3n) is 9.54. The molecule has 2 atom stereocenters. The van der Waals surface area contributed by atoms with E-state index in [0.717, 1.165) is 0 Å². The van der Waals surface area contributed by atoms with Crippen molar-refractivity contribution in [2.45, 2.75) is 84.9 Å². The molecule has 0 radical (unpaired) electrons. The number of benzene rings is 2. The van der Waals surface area contributed by atoms with Gasteiger partial charge in [0.1, 0.15) is 16.2 Å². The molecule has 4 aliphatic rings. The summed E-state index contributed by atoms with van der Waals surface area (Å²) in [4.78, 5) is 45.6. The molecule has 0 bridgehead atoms. The molecule has 2 aromatic heterocycles. The fourth-order valence-corrected chi connectivity index (χ4v) is 10.1. The molecular weight excluding hydrogens is 923 g/mol. The predicted molar refractivity (Wildman–Crippen MR) is 252 cm³/mol. The summed E-state index contributed by atoms with van der Waals surface area (Å²) in [6.45, 7) is 6.31. The number of aliphatic hydroxyl groups excluding tert-OH is 1. The van der Waals surface area contributed by atoms with Crippen LogP contribution in [0.5, 0.6) is 0 Å². The van der Waals surface area contributed by atoms with Crippen molar-refractivity contribution in [1.82, 2.24) is 16.1 Å². The molecule has 65 heavy (non-hydrogen) atoms. The maximum Gasteiger partial charge on any atom is 0.280 e. The molecule has 2 aliphatic heterocycles. The largest absolute Gasteiger partial charge is 0.395 e. The highest BCUT2D eigenvalue weighted by Gasteiger charge is 2.38. The number of thiazole rings is 1. The first-order valence-corrected chi connectivity index (χ1v) is 25.2. The van der Waals surface area contributed by atoms with Gasteiger partial charge in [-0.25, -0.2) is 26.8 Å². The molecule has 10 N–H and O–H groups in total. The molecule has 0 unspecified atom stereocenters. The number of nitrogens with two attached hydrogens (primary N) is 2. The van der Waals surface area contributed by atoms with Gasteiger partial charge in [-0.1, -0.05) is 59.8 Å². The number of aromatic nitrogens is 2. The first kappa shape index (κ1) is 52.8. The highest BCUT2D eigenvalue weighted by atomic mass is 32.2.